The first-order chi connectivity index (χ1) is 8.06. The molecule has 0 bridgehead atoms. The number of alkyl halides is 3. The van der Waals surface area contributed by atoms with Crippen molar-refractivity contribution in [1.82, 2.24) is 4.72 Å². The van der Waals surface area contributed by atoms with E-state index in [2.05, 4.69) is 0 Å². The molecule has 18 heavy (non-hydrogen) atoms. The molecule has 1 N–H and O–H groups in total. The minimum atomic E-state index is -5.86. The molecule has 0 saturated heterocycles. The molecule has 0 radical (unpaired) electrons. The lowest BCUT2D eigenvalue weighted by Crippen LogP contribution is -2.40. The van der Waals surface area contributed by atoms with E-state index < -0.39 is 37.8 Å². The van der Waals surface area contributed by atoms with E-state index in [1.165, 1.54) is 0 Å². The third-order valence-electron chi connectivity index (χ3n) is 1.73. The first-order valence-electron chi connectivity index (χ1n) is 4.13. The normalized spacial score (nSPS) is 12.3. The van der Waals surface area contributed by atoms with Gasteiger partial charge in [-0.05, 0) is 12.1 Å². The lowest BCUT2D eigenvalue weighted by Gasteiger charge is -2.10. The van der Waals surface area contributed by atoms with Crippen molar-refractivity contribution >= 4 is 27.5 Å². The Morgan fingerprint density at radius 2 is 1.83 bits per heavy atom. The number of halogens is 5. The van der Waals surface area contributed by atoms with Crippen molar-refractivity contribution in [3.8, 4) is 0 Å². The number of nitrogens with one attached hydrogen (secondary N) is 1. The van der Waals surface area contributed by atoms with E-state index in [1.54, 1.807) is 0 Å². The van der Waals surface area contributed by atoms with E-state index in [-0.39, 0.29) is 0 Å². The molecule has 0 aliphatic rings. The van der Waals surface area contributed by atoms with Gasteiger partial charge in [-0.1, -0.05) is 17.7 Å². The predicted molar refractivity (Wildman–Crippen MR) is 53.9 cm³/mol. The summed E-state index contributed by atoms with van der Waals surface area (Å²) >= 11 is 5.32. The van der Waals surface area contributed by atoms with Gasteiger partial charge in [0.25, 0.3) is 5.91 Å². The number of carbonyl (C=O) groups is 1. The minimum absolute atomic E-state index is 0.718. The van der Waals surface area contributed by atoms with Crippen LogP contribution in [0.4, 0.5) is 17.6 Å². The van der Waals surface area contributed by atoms with Crippen LogP contribution in [0.15, 0.2) is 18.2 Å². The van der Waals surface area contributed by atoms with Crippen LogP contribution in [-0.2, 0) is 10.0 Å². The molecule has 0 aromatic heterocycles. The van der Waals surface area contributed by atoms with Crippen molar-refractivity contribution in [2.24, 2.45) is 0 Å². The molecule has 100 valence electrons. The van der Waals surface area contributed by atoms with Gasteiger partial charge in [-0.3, -0.25) is 4.79 Å². The average Bonchev–Trinajstić information content (AvgIpc) is 2.19. The number of hydrogen-bond acceptors (Lipinski definition) is 3. The molecular formula is C8H4ClF4NO3S. The van der Waals surface area contributed by atoms with Crippen LogP contribution in [0.2, 0.25) is 5.02 Å². The Kier molecular flexibility index (Phi) is 3.86. The van der Waals surface area contributed by atoms with Gasteiger partial charge in [0.1, 0.15) is 5.82 Å². The van der Waals surface area contributed by atoms with Crippen LogP contribution in [0.3, 0.4) is 0 Å². The summed E-state index contributed by atoms with van der Waals surface area (Å²) in [6.45, 7) is 0. The van der Waals surface area contributed by atoms with Crippen molar-refractivity contribution in [1.29, 1.82) is 0 Å². The summed E-state index contributed by atoms with van der Waals surface area (Å²) in [5, 5.41) is -0.771. The summed E-state index contributed by atoms with van der Waals surface area (Å²) in [5.74, 6) is -2.73. The highest BCUT2D eigenvalue weighted by Crippen LogP contribution is 2.24. The predicted octanol–water partition coefficient (Wildman–Crippen LogP) is 2.06. The summed E-state index contributed by atoms with van der Waals surface area (Å²) in [5.41, 5.74) is -6.37. The van der Waals surface area contributed by atoms with Crippen molar-refractivity contribution in [2.45, 2.75) is 5.51 Å². The summed E-state index contributed by atoms with van der Waals surface area (Å²) in [6, 6.07) is 2.74. The molecule has 4 nitrogen and oxygen atoms in total. The van der Waals surface area contributed by atoms with Crippen LogP contribution in [0.1, 0.15) is 10.4 Å². The molecule has 0 saturated carbocycles. The molecule has 10 heteroatoms. The summed E-state index contributed by atoms with van der Waals surface area (Å²) < 4.78 is 70.9. The Bertz CT molecular complexity index is 584. The van der Waals surface area contributed by atoms with E-state index in [1.807, 2.05) is 0 Å². The van der Waals surface area contributed by atoms with Gasteiger partial charge in [0, 0.05) is 0 Å². The van der Waals surface area contributed by atoms with E-state index in [9.17, 15) is 30.8 Å². The van der Waals surface area contributed by atoms with Crippen molar-refractivity contribution in [2.75, 3.05) is 0 Å². The number of sulfonamides is 1. The smallest absolute Gasteiger partial charge is 0.268 e. The molecule has 1 aromatic rings. The van der Waals surface area contributed by atoms with Gasteiger partial charge in [-0.2, -0.15) is 21.6 Å². The molecule has 0 atom stereocenters. The second-order valence-corrected chi connectivity index (χ2v) is 5.03. The molecule has 1 aromatic carbocycles. The van der Waals surface area contributed by atoms with Gasteiger partial charge >= 0.3 is 15.5 Å². The molecule has 1 rings (SSSR count). The second kappa shape index (κ2) is 4.73. The summed E-state index contributed by atoms with van der Waals surface area (Å²) in [7, 11) is -5.86. The van der Waals surface area contributed by atoms with E-state index >= 15 is 0 Å². The third kappa shape index (κ3) is 2.91. The largest absolute Gasteiger partial charge is 0.516 e. The van der Waals surface area contributed by atoms with Gasteiger partial charge in [0.2, 0.25) is 0 Å². The standard InChI is InChI=1S/C8H4ClF4NO3S/c9-6-4(2-1-3-5(6)10)7(15)14-18(16,17)8(11,12)13/h1-3H,(H,14,15). The highest BCUT2D eigenvalue weighted by Gasteiger charge is 2.47. The van der Waals surface area contributed by atoms with Crippen LogP contribution in [-0.4, -0.2) is 19.8 Å². The monoisotopic (exact) mass is 305 g/mol. The lowest BCUT2D eigenvalue weighted by molar-refractivity contribution is -0.0446. The molecule has 1 amide bonds. The fourth-order valence-corrected chi connectivity index (χ4v) is 1.60. The molecule has 0 aliphatic heterocycles. The Balaban J connectivity index is 3.08. The van der Waals surface area contributed by atoms with Gasteiger partial charge < -0.3 is 0 Å². The molecule has 0 fully saturated rings. The van der Waals surface area contributed by atoms with Crippen molar-refractivity contribution in [3.63, 3.8) is 0 Å². The topological polar surface area (TPSA) is 63.2 Å². The fourth-order valence-electron chi connectivity index (χ4n) is 0.914. The zero-order chi connectivity index (χ0) is 14.1. The number of hydrogen-bond donors (Lipinski definition) is 1. The van der Waals surface area contributed by atoms with Crippen LogP contribution in [0, 0.1) is 5.82 Å². The maximum atomic E-state index is 12.9. The van der Waals surface area contributed by atoms with Crippen molar-refractivity contribution in [3.05, 3.63) is 34.6 Å². The SMILES string of the molecule is O=C(NS(=O)(=O)C(F)(F)F)c1cccc(F)c1Cl. The Labute approximate surface area is 104 Å². The molecule has 0 heterocycles. The summed E-state index contributed by atoms with van der Waals surface area (Å²) in [4.78, 5) is 11.2. The zero-order valence-corrected chi connectivity index (χ0v) is 9.83. The fraction of sp³-hybridized carbons (Fsp3) is 0.125. The van der Waals surface area contributed by atoms with Crippen LogP contribution in [0.5, 0.6) is 0 Å². The third-order valence-corrected chi connectivity index (χ3v) is 3.18. The second-order valence-electron chi connectivity index (χ2n) is 2.98. The number of benzene rings is 1. The summed E-state index contributed by atoms with van der Waals surface area (Å²) in [6.07, 6.45) is 0. The molecule has 0 spiro atoms. The average molecular weight is 306 g/mol. The Morgan fingerprint density at radius 1 is 1.28 bits per heavy atom. The molecular weight excluding hydrogens is 302 g/mol. The Hall–Kier alpha value is -1.35. The van der Waals surface area contributed by atoms with Crippen LogP contribution in [0.25, 0.3) is 0 Å². The number of rotatable bonds is 2. The van der Waals surface area contributed by atoms with Crippen molar-refractivity contribution < 1.29 is 30.8 Å². The van der Waals surface area contributed by atoms with E-state index in [4.69, 9.17) is 11.6 Å². The molecule has 0 unspecified atom stereocenters. The first-order valence-corrected chi connectivity index (χ1v) is 6.00. The highest BCUT2D eigenvalue weighted by molar-refractivity contribution is 7.90. The minimum Gasteiger partial charge on any atom is -0.268 e. The molecule has 0 aliphatic carbocycles. The van der Waals surface area contributed by atoms with Gasteiger partial charge in [-0.15, -0.1) is 0 Å². The van der Waals surface area contributed by atoms with Gasteiger partial charge in [0.15, 0.2) is 0 Å². The van der Waals surface area contributed by atoms with E-state index in [0.29, 0.717) is 0 Å². The maximum absolute atomic E-state index is 12.9. The zero-order valence-electron chi connectivity index (χ0n) is 8.25. The first kappa shape index (κ1) is 14.7. The van der Waals surface area contributed by atoms with Gasteiger partial charge in [-0.25, -0.2) is 9.11 Å². The maximum Gasteiger partial charge on any atom is 0.516 e. The number of carbonyl (C=O) groups excluding carboxylic acids is 1. The highest BCUT2D eigenvalue weighted by atomic mass is 35.5. The Morgan fingerprint density at radius 3 is 2.33 bits per heavy atom. The van der Waals surface area contributed by atoms with E-state index in [0.717, 1.165) is 22.9 Å². The van der Waals surface area contributed by atoms with Crippen LogP contribution < -0.4 is 4.72 Å². The lowest BCUT2D eigenvalue weighted by atomic mass is 10.2. The van der Waals surface area contributed by atoms with Crippen LogP contribution >= 0.6 is 11.6 Å². The quantitative estimate of drug-likeness (QED) is 0.851. The van der Waals surface area contributed by atoms with Gasteiger partial charge in [0.05, 0.1) is 10.6 Å². The number of amides is 1.